The Bertz CT molecular complexity index is 1140. The summed E-state index contributed by atoms with van der Waals surface area (Å²) in [4.78, 5) is 24.8. The maximum atomic E-state index is 13.6. The molecular weight excluding hydrogens is 584 g/mol. The Labute approximate surface area is 265 Å². The normalized spacial score (nSPS) is 22.5. The maximum absolute atomic E-state index is 13.6. The predicted octanol–water partition coefficient (Wildman–Crippen LogP) is 10.2. The second-order valence-corrected chi connectivity index (χ2v) is 13.0. The summed E-state index contributed by atoms with van der Waals surface area (Å²) >= 11 is 0. The SMILES string of the molecule is CCC(CCCCC(=O)OC1CCC(c2ccc(F)c(F)c2)CC1)CCCCC(=O)OC1CCC(c2ccc(F)c(F)c2)CC1. The van der Waals surface area contributed by atoms with Crippen LogP contribution in [0.4, 0.5) is 17.6 Å². The third-order valence-corrected chi connectivity index (χ3v) is 9.84. The van der Waals surface area contributed by atoms with Crippen LogP contribution in [0.5, 0.6) is 0 Å². The molecule has 4 rings (SSSR count). The van der Waals surface area contributed by atoms with Gasteiger partial charge in [0.25, 0.3) is 0 Å². The van der Waals surface area contributed by atoms with Crippen molar-refractivity contribution in [2.45, 2.75) is 140 Å². The van der Waals surface area contributed by atoms with Gasteiger partial charge in [-0.2, -0.15) is 0 Å². The first-order valence-corrected chi connectivity index (χ1v) is 17.0. The zero-order valence-corrected chi connectivity index (χ0v) is 26.5. The molecule has 0 heterocycles. The first kappa shape index (κ1) is 35.0. The standard InChI is InChI=1S/C37H48F4O4/c1-2-25(7-3-5-9-36(42)44-30-17-11-26(12-18-30)28-15-21-32(38)34(40)23-28)8-4-6-10-37(43)45-31-19-13-27(14-20-31)29-16-22-33(39)35(41)24-29/h15-16,21-27,30-31H,2-14,17-20H2,1H3. The molecule has 0 amide bonds. The van der Waals surface area contributed by atoms with E-state index in [9.17, 15) is 27.2 Å². The smallest absolute Gasteiger partial charge is 0.306 e. The van der Waals surface area contributed by atoms with Crippen molar-refractivity contribution in [2.24, 2.45) is 5.92 Å². The van der Waals surface area contributed by atoms with Crippen molar-refractivity contribution in [3.63, 3.8) is 0 Å². The molecule has 0 N–H and O–H groups in total. The third kappa shape index (κ3) is 11.1. The molecular formula is C37H48F4O4. The van der Waals surface area contributed by atoms with E-state index in [0.717, 1.165) is 107 Å². The lowest BCUT2D eigenvalue weighted by Gasteiger charge is -2.28. The Morgan fingerprint density at radius 3 is 1.38 bits per heavy atom. The maximum Gasteiger partial charge on any atom is 0.306 e. The molecule has 0 aromatic heterocycles. The molecule has 0 radical (unpaired) electrons. The summed E-state index contributed by atoms with van der Waals surface area (Å²) in [5, 5.41) is 0. The van der Waals surface area contributed by atoms with E-state index in [0.29, 0.717) is 18.8 Å². The highest BCUT2D eigenvalue weighted by molar-refractivity contribution is 5.69. The van der Waals surface area contributed by atoms with Crippen molar-refractivity contribution in [2.75, 3.05) is 0 Å². The molecule has 4 nitrogen and oxygen atoms in total. The average molecular weight is 633 g/mol. The molecule has 2 aliphatic rings. The summed E-state index contributed by atoms with van der Waals surface area (Å²) in [6.07, 6.45) is 13.4. The highest BCUT2D eigenvalue weighted by atomic mass is 19.2. The molecule has 8 heteroatoms. The van der Waals surface area contributed by atoms with Crippen LogP contribution in [-0.2, 0) is 19.1 Å². The fourth-order valence-electron chi connectivity index (χ4n) is 7.01. The Hall–Kier alpha value is -2.90. The molecule has 45 heavy (non-hydrogen) atoms. The highest BCUT2D eigenvalue weighted by Gasteiger charge is 2.27. The van der Waals surface area contributed by atoms with Gasteiger partial charge in [0.1, 0.15) is 12.2 Å². The summed E-state index contributed by atoms with van der Waals surface area (Å²) < 4.78 is 65.0. The van der Waals surface area contributed by atoms with E-state index in [2.05, 4.69) is 6.92 Å². The number of hydrogen-bond donors (Lipinski definition) is 0. The Morgan fingerprint density at radius 1 is 0.622 bits per heavy atom. The molecule has 0 spiro atoms. The van der Waals surface area contributed by atoms with Crippen molar-refractivity contribution in [1.29, 1.82) is 0 Å². The molecule has 0 saturated heterocycles. The first-order chi connectivity index (χ1) is 21.7. The van der Waals surface area contributed by atoms with Gasteiger partial charge >= 0.3 is 11.9 Å². The van der Waals surface area contributed by atoms with Crippen LogP contribution in [0.3, 0.4) is 0 Å². The second-order valence-electron chi connectivity index (χ2n) is 13.0. The van der Waals surface area contributed by atoms with E-state index in [-0.39, 0.29) is 36.0 Å². The summed E-state index contributed by atoms with van der Waals surface area (Å²) in [6, 6.07) is 8.20. The summed E-state index contributed by atoms with van der Waals surface area (Å²) in [5.41, 5.74) is 1.62. The molecule has 2 aliphatic carbocycles. The van der Waals surface area contributed by atoms with Crippen LogP contribution in [0.15, 0.2) is 36.4 Å². The van der Waals surface area contributed by atoms with Gasteiger partial charge in [0, 0.05) is 12.8 Å². The van der Waals surface area contributed by atoms with Gasteiger partial charge in [-0.1, -0.05) is 51.2 Å². The molecule has 0 unspecified atom stereocenters. The van der Waals surface area contributed by atoms with Gasteiger partial charge in [0.15, 0.2) is 23.3 Å². The molecule has 2 saturated carbocycles. The Kier molecular flexibility index (Phi) is 13.8. The zero-order valence-electron chi connectivity index (χ0n) is 26.5. The second kappa shape index (κ2) is 17.7. The van der Waals surface area contributed by atoms with Gasteiger partial charge in [-0.25, -0.2) is 17.6 Å². The topological polar surface area (TPSA) is 52.6 Å². The number of halogens is 4. The van der Waals surface area contributed by atoms with Gasteiger partial charge in [0.05, 0.1) is 0 Å². The van der Waals surface area contributed by atoms with Crippen molar-refractivity contribution in [3.05, 3.63) is 70.8 Å². The van der Waals surface area contributed by atoms with E-state index in [1.165, 1.54) is 24.3 Å². The lowest BCUT2D eigenvalue weighted by Crippen LogP contribution is -2.24. The zero-order chi connectivity index (χ0) is 32.2. The minimum absolute atomic E-state index is 0.100. The quantitative estimate of drug-likeness (QED) is 0.111. The predicted molar refractivity (Wildman–Crippen MR) is 166 cm³/mol. The molecule has 0 bridgehead atoms. The highest BCUT2D eigenvalue weighted by Crippen LogP contribution is 2.36. The summed E-state index contributed by atoms with van der Waals surface area (Å²) in [7, 11) is 0. The lowest BCUT2D eigenvalue weighted by atomic mass is 9.82. The number of benzene rings is 2. The van der Waals surface area contributed by atoms with Crippen LogP contribution in [0.1, 0.15) is 139 Å². The van der Waals surface area contributed by atoms with Crippen molar-refractivity contribution in [1.82, 2.24) is 0 Å². The molecule has 2 aromatic carbocycles. The number of unbranched alkanes of at least 4 members (excludes halogenated alkanes) is 2. The van der Waals surface area contributed by atoms with E-state index in [4.69, 9.17) is 9.47 Å². The Balaban J connectivity index is 1.01. The third-order valence-electron chi connectivity index (χ3n) is 9.84. The van der Waals surface area contributed by atoms with E-state index >= 15 is 0 Å². The molecule has 2 fully saturated rings. The van der Waals surface area contributed by atoms with Gasteiger partial charge in [0.2, 0.25) is 0 Å². The number of rotatable bonds is 15. The summed E-state index contributed by atoms with van der Waals surface area (Å²) in [6.45, 7) is 2.18. The van der Waals surface area contributed by atoms with Crippen LogP contribution in [0.2, 0.25) is 0 Å². The Morgan fingerprint density at radius 2 is 1.02 bits per heavy atom. The fourth-order valence-corrected chi connectivity index (χ4v) is 7.01. The largest absolute Gasteiger partial charge is 0.462 e. The van der Waals surface area contributed by atoms with Gasteiger partial charge < -0.3 is 9.47 Å². The number of esters is 2. The number of ether oxygens (including phenoxy) is 2. The minimum atomic E-state index is -0.832. The van der Waals surface area contributed by atoms with Crippen molar-refractivity contribution >= 4 is 11.9 Å². The lowest BCUT2D eigenvalue weighted by molar-refractivity contribution is -0.151. The molecule has 248 valence electrons. The number of hydrogen-bond acceptors (Lipinski definition) is 4. The molecule has 2 aromatic rings. The number of carbonyl (C=O) groups excluding carboxylic acids is 2. The van der Waals surface area contributed by atoms with Crippen molar-refractivity contribution < 1.29 is 36.6 Å². The minimum Gasteiger partial charge on any atom is -0.462 e. The van der Waals surface area contributed by atoms with Crippen LogP contribution in [0.25, 0.3) is 0 Å². The molecule has 0 atom stereocenters. The average Bonchev–Trinajstić information content (AvgIpc) is 3.03. The van der Waals surface area contributed by atoms with Crippen LogP contribution < -0.4 is 0 Å². The first-order valence-electron chi connectivity index (χ1n) is 17.0. The van der Waals surface area contributed by atoms with E-state index in [1.807, 2.05) is 0 Å². The number of carbonyl (C=O) groups is 2. The molecule has 0 aliphatic heterocycles. The van der Waals surface area contributed by atoms with Crippen LogP contribution >= 0.6 is 0 Å². The fraction of sp³-hybridized carbons (Fsp3) is 0.622. The van der Waals surface area contributed by atoms with Crippen LogP contribution in [0, 0.1) is 29.2 Å². The van der Waals surface area contributed by atoms with Gasteiger partial charge in [-0.3, -0.25) is 9.59 Å². The van der Waals surface area contributed by atoms with E-state index in [1.54, 1.807) is 12.1 Å². The van der Waals surface area contributed by atoms with E-state index < -0.39 is 23.3 Å². The van der Waals surface area contributed by atoms with Crippen LogP contribution in [-0.4, -0.2) is 24.1 Å². The van der Waals surface area contributed by atoms with Gasteiger partial charge in [-0.05, 0) is 117 Å². The monoisotopic (exact) mass is 632 g/mol. The summed E-state index contributed by atoms with van der Waals surface area (Å²) in [5.74, 6) is -2.71. The van der Waals surface area contributed by atoms with Crippen molar-refractivity contribution in [3.8, 4) is 0 Å². The van der Waals surface area contributed by atoms with Gasteiger partial charge in [-0.15, -0.1) is 0 Å².